The van der Waals surface area contributed by atoms with Gasteiger partial charge in [-0.3, -0.25) is 4.90 Å². The molecule has 1 aliphatic heterocycles. The number of piperazine rings is 1. The minimum atomic E-state index is -4.35. The lowest BCUT2D eigenvalue weighted by molar-refractivity contribution is -0.137. The van der Waals surface area contributed by atoms with Crippen molar-refractivity contribution in [1.82, 2.24) is 9.88 Å². The molecule has 1 saturated heterocycles. The molecule has 0 radical (unpaired) electrons. The number of nitrogens with two attached hydrogens (primary N) is 1. The fourth-order valence-electron chi connectivity index (χ4n) is 2.26. The van der Waals surface area contributed by atoms with E-state index in [4.69, 9.17) is 18.0 Å². The molecule has 2 rings (SSSR count). The molecule has 8 heteroatoms. The molecule has 0 saturated carbocycles. The van der Waals surface area contributed by atoms with E-state index in [0.29, 0.717) is 23.9 Å². The van der Waals surface area contributed by atoms with Gasteiger partial charge < -0.3 is 10.6 Å². The summed E-state index contributed by atoms with van der Waals surface area (Å²) in [4.78, 5) is 8.48. The first kappa shape index (κ1) is 16.0. The van der Waals surface area contributed by atoms with Gasteiger partial charge in [0, 0.05) is 32.4 Å². The van der Waals surface area contributed by atoms with E-state index in [2.05, 4.69) is 9.88 Å². The van der Waals surface area contributed by atoms with Crippen LogP contribution in [0.4, 0.5) is 19.0 Å². The molecule has 1 atom stereocenters. The van der Waals surface area contributed by atoms with E-state index in [1.165, 1.54) is 6.07 Å². The number of rotatable bonds is 3. The number of nitrogens with zero attached hydrogens (tertiary/aromatic N) is 3. The first-order valence-corrected chi connectivity index (χ1v) is 7.01. The molecule has 0 aromatic carbocycles. The number of aromatic nitrogens is 1. The number of alkyl halides is 3. The van der Waals surface area contributed by atoms with Crippen molar-refractivity contribution in [2.45, 2.75) is 19.1 Å². The molecule has 2 N–H and O–H groups in total. The summed E-state index contributed by atoms with van der Waals surface area (Å²) in [5.41, 5.74) is 4.90. The minimum absolute atomic E-state index is 0.0303. The van der Waals surface area contributed by atoms with Gasteiger partial charge in [0.1, 0.15) is 5.82 Å². The summed E-state index contributed by atoms with van der Waals surface area (Å²) in [6.45, 7) is 4.83. The average Bonchev–Trinajstić information content (AvgIpc) is 2.46. The van der Waals surface area contributed by atoms with E-state index in [1.807, 2.05) is 11.8 Å². The predicted octanol–water partition coefficient (Wildman–Crippen LogP) is 1.90. The Morgan fingerprint density at radius 3 is 2.33 bits per heavy atom. The summed E-state index contributed by atoms with van der Waals surface area (Å²) in [5.74, 6) is 0.561. The van der Waals surface area contributed by atoms with Gasteiger partial charge in [-0.1, -0.05) is 12.2 Å². The third-order valence-corrected chi connectivity index (χ3v) is 4.01. The molecule has 1 aromatic heterocycles. The highest BCUT2D eigenvalue weighted by molar-refractivity contribution is 7.80. The van der Waals surface area contributed by atoms with Gasteiger partial charge in [0.2, 0.25) is 0 Å². The molecule has 21 heavy (non-hydrogen) atoms. The van der Waals surface area contributed by atoms with Gasteiger partial charge in [-0.2, -0.15) is 13.2 Å². The largest absolute Gasteiger partial charge is 0.417 e. The van der Waals surface area contributed by atoms with E-state index in [-0.39, 0.29) is 6.04 Å². The Bertz CT molecular complexity index is 495. The molecule has 0 amide bonds. The monoisotopic (exact) mass is 318 g/mol. The predicted molar refractivity (Wildman–Crippen MR) is 79.3 cm³/mol. The molecule has 0 spiro atoms. The maximum absolute atomic E-state index is 12.5. The Kier molecular flexibility index (Phi) is 4.67. The second-order valence-corrected chi connectivity index (χ2v) is 5.48. The lowest BCUT2D eigenvalue weighted by atomic mass is 10.2. The van der Waals surface area contributed by atoms with Gasteiger partial charge in [-0.05, 0) is 19.1 Å². The Hall–Kier alpha value is -1.41. The molecule has 2 heterocycles. The van der Waals surface area contributed by atoms with Crippen molar-refractivity contribution in [3.8, 4) is 0 Å². The van der Waals surface area contributed by atoms with Gasteiger partial charge in [-0.25, -0.2) is 4.98 Å². The topological polar surface area (TPSA) is 45.4 Å². The third kappa shape index (κ3) is 3.82. The SMILES string of the molecule is CC(C(N)=S)N1CCN(c2ccc(C(F)(F)F)cn2)CC1. The van der Waals surface area contributed by atoms with Crippen molar-refractivity contribution < 1.29 is 13.2 Å². The zero-order valence-electron chi connectivity index (χ0n) is 11.6. The highest BCUT2D eigenvalue weighted by Gasteiger charge is 2.31. The molecule has 1 fully saturated rings. The van der Waals surface area contributed by atoms with E-state index < -0.39 is 11.7 Å². The fourth-order valence-corrected chi connectivity index (χ4v) is 2.41. The third-order valence-electron chi connectivity index (χ3n) is 3.67. The van der Waals surface area contributed by atoms with Crippen molar-refractivity contribution in [3.63, 3.8) is 0 Å². The minimum Gasteiger partial charge on any atom is -0.392 e. The van der Waals surface area contributed by atoms with Crippen LogP contribution in [0.2, 0.25) is 0 Å². The van der Waals surface area contributed by atoms with Crippen molar-refractivity contribution in [2.24, 2.45) is 5.73 Å². The summed E-state index contributed by atoms with van der Waals surface area (Å²) in [5, 5.41) is 0. The standard InChI is InChI=1S/C13H17F3N4S/c1-9(12(17)21)19-4-6-20(7-5-19)11-3-2-10(8-18-11)13(14,15)16/h2-3,8-9H,4-7H2,1H3,(H2,17,21). The smallest absolute Gasteiger partial charge is 0.392 e. The summed E-state index contributed by atoms with van der Waals surface area (Å²) < 4.78 is 37.5. The lowest BCUT2D eigenvalue weighted by Gasteiger charge is -2.38. The lowest BCUT2D eigenvalue weighted by Crippen LogP contribution is -2.52. The van der Waals surface area contributed by atoms with Crippen LogP contribution in [0.3, 0.4) is 0 Å². The van der Waals surface area contributed by atoms with E-state index in [9.17, 15) is 13.2 Å². The Morgan fingerprint density at radius 1 is 1.29 bits per heavy atom. The van der Waals surface area contributed by atoms with E-state index in [0.717, 1.165) is 25.4 Å². The number of hydrogen-bond acceptors (Lipinski definition) is 4. The second-order valence-electron chi connectivity index (χ2n) is 5.00. The quantitative estimate of drug-likeness (QED) is 0.863. The Balaban J connectivity index is 1.98. The summed E-state index contributed by atoms with van der Waals surface area (Å²) in [6.07, 6.45) is -3.48. The summed E-state index contributed by atoms with van der Waals surface area (Å²) in [7, 11) is 0. The number of hydrogen-bond donors (Lipinski definition) is 1. The normalized spacial score (nSPS) is 18.6. The fraction of sp³-hybridized carbons (Fsp3) is 0.538. The van der Waals surface area contributed by atoms with Crippen LogP contribution < -0.4 is 10.6 Å². The first-order valence-electron chi connectivity index (χ1n) is 6.60. The number of thiocarbonyl (C=S) groups is 1. The van der Waals surface area contributed by atoms with Crippen molar-refractivity contribution >= 4 is 23.0 Å². The van der Waals surface area contributed by atoms with Gasteiger partial charge in [-0.15, -0.1) is 0 Å². The van der Waals surface area contributed by atoms with Crippen LogP contribution in [0.25, 0.3) is 0 Å². The van der Waals surface area contributed by atoms with Crippen LogP contribution in [0.1, 0.15) is 12.5 Å². The number of anilines is 1. The molecule has 1 aromatic rings. The molecular formula is C13H17F3N4S. The highest BCUT2D eigenvalue weighted by Crippen LogP contribution is 2.29. The summed E-state index contributed by atoms with van der Waals surface area (Å²) in [6, 6.07) is 2.50. The molecule has 0 aliphatic carbocycles. The molecule has 116 valence electrons. The Labute approximate surface area is 126 Å². The highest BCUT2D eigenvalue weighted by atomic mass is 32.1. The van der Waals surface area contributed by atoms with Crippen molar-refractivity contribution in [2.75, 3.05) is 31.1 Å². The van der Waals surface area contributed by atoms with Crippen LogP contribution in [-0.2, 0) is 6.18 Å². The molecule has 4 nitrogen and oxygen atoms in total. The average molecular weight is 318 g/mol. The zero-order chi connectivity index (χ0) is 15.6. The number of pyridine rings is 1. The van der Waals surface area contributed by atoms with Gasteiger partial charge in [0.05, 0.1) is 16.6 Å². The maximum atomic E-state index is 12.5. The van der Waals surface area contributed by atoms with Crippen LogP contribution in [0.15, 0.2) is 18.3 Å². The van der Waals surface area contributed by atoms with Crippen LogP contribution in [0.5, 0.6) is 0 Å². The Morgan fingerprint density at radius 2 is 1.90 bits per heavy atom. The van der Waals surface area contributed by atoms with E-state index >= 15 is 0 Å². The van der Waals surface area contributed by atoms with Crippen LogP contribution >= 0.6 is 12.2 Å². The molecule has 1 aliphatic rings. The molecular weight excluding hydrogens is 301 g/mol. The van der Waals surface area contributed by atoms with Crippen molar-refractivity contribution in [3.05, 3.63) is 23.9 Å². The first-order chi connectivity index (χ1) is 9.79. The van der Waals surface area contributed by atoms with Crippen LogP contribution in [-0.4, -0.2) is 47.1 Å². The molecule has 1 unspecified atom stereocenters. The second kappa shape index (κ2) is 6.15. The number of halogens is 3. The van der Waals surface area contributed by atoms with Crippen LogP contribution in [0, 0.1) is 0 Å². The van der Waals surface area contributed by atoms with Gasteiger partial charge >= 0.3 is 6.18 Å². The van der Waals surface area contributed by atoms with Gasteiger partial charge in [0.15, 0.2) is 0 Å². The van der Waals surface area contributed by atoms with Gasteiger partial charge in [0.25, 0.3) is 0 Å². The van der Waals surface area contributed by atoms with E-state index in [1.54, 1.807) is 0 Å². The zero-order valence-corrected chi connectivity index (χ0v) is 12.4. The maximum Gasteiger partial charge on any atom is 0.417 e. The van der Waals surface area contributed by atoms with Crippen molar-refractivity contribution in [1.29, 1.82) is 0 Å². The summed E-state index contributed by atoms with van der Waals surface area (Å²) >= 11 is 4.97. The molecule has 0 bridgehead atoms.